The minimum atomic E-state index is -0.599. The number of Topliss-reactive ketones (excluding diaryl/α,β-unsaturated/α-hetero) is 1. The first kappa shape index (κ1) is 25.5. The molecule has 1 fully saturated rings. The van der Waals surface area contributed by atoms with E-state index in [0.29, 0.717) is 59.4 Å². The van der Waals surface area contributed by atoms with E-state index in [2.05, 4.69) is 15.3 Å². The Hall–Kier alpha value is -4.73. The van der Waals surface area contributed by atoms with Gasteiger partial charge in [0.2, 0.25) is 0 Å². The van der Waals surface area contributed by atoms with E-state index in [1.54, 1.807) is 55.3 Å². The number of rotatable bonds is 8. The van der Waals surface area contributed by atoms with Crippen LogP contribution >= 0.6 is 0 Å². The van der Waals surface area contributed by atoms with E-state index in [9.17, 15) is 14.4 Å². The molecule has 10 nitrogen and oxygen atoms in total. The van der Waals surface area contributed by atoms with Crippen molar-refractivity contribution in [1.29, 1.82) is 0 Å². The molecule has 0 spiro atoms. The molecular formula is C30H28N4O6. The smallest absolute Gasteiger partial charge is 0.263 e. The number of hydrogen-bond acceptors (Lipinski definition) is 8. The Labute approximate surface area is 229 Å². The average Bonchev–Trinajstić information content (AvgIpc) is 3.79. The highest BCUT2D eigenvalue weighted by Crippen LogP contribution is 2.37. The summed E-state index contributed by atoms with van der Waals surface area (Å²) < 4.78 is 18.5. The van der Waals surface area contributed by atoms with Gasteiger partial charge in [0.1, 0.15) is 22.9 Å². The van der Waals surface area contributed by atoms with Crippen molar-refractivity contribution in [3.05, 3.63) is 76.0 Å². The van der Waals surface area contributed by atoms with Crippen LogP contribution in [0, 0.1) is 5.92 Å². The minimum Gasteiger partial charge on any atom is -0.493 e. The first-order valence-corrected chi connectivity index (χ1v) is 13.2. The number of fused-ring (bicyclic) bond motifs is 2. The molecule has 0 atom stereocenters. The van der Waals surface area contributed by atoms with Crippen molar-refractivity contribution in [2.45, 2.75) is 38.6 Å². The van der Waals surface area contributed by atoms with Crippen molar-refractivity contribution >= 4 is 28.4 Å². The Morgan fingerprint density at radius 2 is 1.80 bits per heavy atom. The summed E-state index contributed by atoms with van der Waals surface area (Å²) in [5.74, 6) is 2.13. The molecule has 6 rings (SSSR count). The second-order valence-electron chi connectivity index (χ2n) is 10.0. The number of hydrogen-bond donors (Lipinski definition) is 1. The lowest BCUT2D eigenvalue weighted by atomic mass is 9.93. The molecule has 1 amide bonds. The SMILES string of the molecule is COc1cc2nccc(Oc3ccc(NC(=O)c4cc5c(n(CC6CC6)c4=O)CCCC5=O)nc3)c2cc1OC. The number of aromatic nitrogens is 3. The molecule has 1 aromatic carbocycles. The fourth-order valence-corrected chi connectivity index (χ4v) is 5.04. The van der Waals surface area contributed by atoms with Crippen LogP contribution in [-0.4, -0.2) is 40.4 Å². The minimum absolute atomic E-state index is 0.0285. The van der Waals surface area contributed by atoms with Gasteiger partial charge in [-0.15, -0.1) is 0 Å². The number of carbonyl (C=O) groups is 2. The van der Waals surface area contributed by atoms with Crippen molar-refractivity contribution in [3.63, 3.8) is 0 Å². The second kappa shape index (κ2) is 10.4. The highest BCUT2D eigenvalue weighted by Gasteiger charge is 2.29. The van der Waals surface area contributed by atoms with Crippen molar-refractivity contribution < 1.29 is 23.8 Å². The molecule has 0 radical (unpaired) electrons. The Bertz CT molecular complexity index is 1690. The number of nitrogens with zero attached hydrogens (tertiary/aromatic N) is 3. The van der Waals surface area contributed by atoms with Gasteiger partial charge in [-0.25, -0.2) is 4.98 Å². The van der Waals surface area contributed by atoms with Crippen molar-refractivity contribution in [2.75, 3.05) is 19.5 Å². The van der Waals surface area contributed by atoms with Gasteiger partial charge in [0.05, 0.1) is 25.9 Å². The summed E-state index contributed by atoms with van der Waals surface area (Å²) in [5.41, 5.74) is 1.48. The number of carbonyl (C=O) groups excluding carboxylic acids is 2. The largest absolute Gasteiger partial charge is 0.493 e. The quantitative estimate of drug-likeness (QED) is 0.339. The lowest BCUT2D eigenvalue weighted by Crippen LogP contribution is -2.35. The standard InChI is InChI=1S/C30H28N4O6/c1-38-26-13-19-22(14-27(26)39-2)31-11-10-25(19)40-18-8-9-28(32-15-18)33-29(36)21-12-20-23(4-3-5-24(20)35)34(30(21)37)16-17-6-7-17/h8-15,17H,3-7,16H2,1-2H3,(H,32,33,36). The van der Waals surface area contributed by atoms with E-state index < -0.39 is 5.91 Å². The summed E-state index contributed by atoms with van der Waals surface area (Å²) in [6.45, 7) is 0.544. The van der Waals surface area contributed by atoms with E-state index >= 15 is 0 Å². The molecule has 3 heterocycles. The molecule has 4 aromatic rings. The van der Waals surface area contributed by atoms with Gasteiger partial charge in [0.15, 0.2) is 17.3 Å². The van der Waals surface area contributed by atoms with Gasteiger partial charge in [-0.2, -0.15) is 0 Å². The Morgan fingerprint density at radius 3 is 2.52 bits per heavy atom. The number of benzene rings is 1. The van der Waals surface area contributed by atoms with E-state index in [4.69, 9.17) is 14.2 Å². The molecule has 3 aromatic heterocycles. The van der Waals surface area contributed by atoms with Gasteiger partial charge in [0.25, 0.3) is 11.5 Å². The molecule has 2 aliphatic rings. The average molecular weight is 541 g/mol. The zero-order valence-corrected chi connectivity index (χ0v) is 22.2. The number of methoxy groups -OCH3 is 2. The van der Waals surface area contributed by atoms with E-state index in [1.807, 2.05) is 0 Å². The summed E-state index contributed by atoms with van der Waals surface area (Å²) in [7, 11) is 3.12. The summed E-state index contributed by atoms with van der Waals surface area (Å²) in [6.07, 6.45) is 7.03. The third-order valence-corrected chi connectivity index (χ3v) is 7.31. The number of nitrogens with one attached hydrogen (secondary N) is 1. The molecule has 0 aliphatic heterocycles. The number of pyridine rings is 3. The highest BCUT2D eigenvalue weighted by molar-refractivity contribution is 6.06. The van der Waals surface area contributed by atoms with E-state index in [0.717, 1.165) is 30.3 Å². The van der Waals surface area contributed by atoms with E-state index in [-0.39, 0.29) is 22.7 Å². The van der Waals surface area contributed by atoms with Crippen LogP contribution in [0.25, 0.3) is 10.9 Å². The lowest BCUT2D eigenvalue weighted by Gasteiger charge is -2.21. The molecule has 40 heavy (non-hydrogen) atoms. The van der Waals surface area contributed by atoms with Crippen molar-refractivity contribution in [1.82, 2.24) is 14.5 Å². The second-order valence-corrected chi connectivity index (χ2v) is 10.0. The van der Waals surface area contributed by atoms with Gasteiger partial charge in [-0.1, -0.05) is 0 Å². The third kappa shape index (κ3) is 4.88. The maximum atomic E-state index is 13.3. The fourth-order valence-electron chi connectivity index (χ4n) is 5.04. The van der Waals surface area contributed by atoms with Gasteiger partial charge in [-0.05, 0) is 61.9 Å². The first-order valence-electron chi connectivity index (χ1n) is 13.2. The zero-order valence-electron chi connectivity index (χ0n) is 22.2. The molecule has 1 N–H and O–H groups in total. The zero-order chi connectivity index (χ0) is 27.8. The molecular weight excluding hydrogens is 512 g/mol. The summed E-state index contributed by atoms with van der Waals surface area (Å²) in [6, 6.07) is 9.99. The Balaban J connectivity index is 1.23. The number of ketones is 1. The van der Waals surface area contributed by atoms with Crippen LogP contribution in [0.5, 0.6) is 23.0 Å². The normalized spacial score (nSPS) is 14.5. The molecule has 0 unspecified atom stereocenters. The van der Waals surface area contributed by atoms with Crippen LogP contribution in [0.4, 0.5) is 5.82 Å². The van der Waals surface area contributed by atoms with Gasteiger partial charge >= 0.3 is 0 Å². The van der Waals surface area contributed by atoms with Gasteiger partial charge < -0.3 is 24.1 Å². The molecule has 2 aliphatic carbocycles. The highest BCUT2D eigenvalue weighted by atomic mass is 16.5. The lowest BCUT2D eigenvalue weighted by molar-refractivity contribution is 0.0970. The van der Waals surface area contributed by atoms with Crippen LogP contribution in [0.2, 0.25) is 0 Å². The van der Waals surface area contributed by atoms with Crippen molar-refractivity contribution in [3.8, 4) is 23.0 Å². The van der Waals surface area contributed by atoms with Crippen LogP contribution in [0.15, 0.2) is 53.6 Å². The molecule has 0 bridgehead atoms. The third-order valence-electron chi connectivity index (χ3n) is 7.31. The van der Waals surface area contributed by atoms with Crippen molar-refractivity contribution in [2.24, 2.45) is 5.92 Å². The monoisotopic (exact) mass is 540 g/mol. The predicted octanol–water partition coefficient (Wildman–Crippen LogP) is 4.78. The van der Waals surface area contributed by atoms with Crippen LogP contribution in [0.3, 0.4) is 0 Å². The molecule has 10 heteroatoms. The fraction of sp³-hybridized carbons (Fsp3) is 0.300. The van der Waals surface area contributed by atoms with Crippen LogP contribution in [0.1, 0.15) is 52.1 Å². The topological polar surface area (TPSA) is 122 Å². The van der Waals surface area contributed by atoms with Gasteiger partial charge in [0, 0.05) is 41.9 Å². The van der Waals surface area contributed by atoms with Crippen LogP contribution < -0.4 is 25.1 Å². The predicted molar refractivity (Wildman–Crippen MR) is 148 cm³/mol. The number of anilines is 1. The molecule has 1 saturated carbocycles. The Morgan fingerprint density at radius 1 is 1.00 bits per heavy atom. The Kier molecular flexibility index (Phi) is 6.67. The maximum Gasteiger partial charge on any atom is 0.263 e. The maximum absolute atomic E-state index is 13.3. The van der Waals surface area contributed by atoms with Gasteiger partial charge in [-0.3, -0.25) is 19.4 Å². The summed E-state index contributed by atoms with van der Waals surface area (Å²) in [5, 5.41) is 3.42. The molecule has 0 saturated heterocycles. The van der Waals surface area contributed by atoms with E-state index in [1.165, 1.54) is 12.3 Å². The van der Waals surface area contributed by atoms with Crippen LogP contribution in [-0.2, 0) is 13.0 Å². The summed E-state index contributed by atoms with van der Waals surface area (Å²) in [4.78, 5) is 47.8. The number of amides is 1. The molecule has 204 valence electrons. The number of ether oxygens (including phenoxy) is 3. The summed E-state index contributed by atoms with van der Waals surface area (Å²) >= 11 is 0. The first-order chi connectivity index (χ1) is 19.4.